The molecule has 1 fully saturated rings. The van der Waals surface area contributed by atoms with Crippen LogP contribution in [0.2, 0.25) is 0 Å². The number of aryl methyl sites for hydroxylation is 1. The number of hydrogen-bond acceptors (Lipinski definition) is 7. The number of rotatable bonds is 8. The highest BCUT2D eigenvalue weighted by atomic mass is 35.5. The van der Waals surface area contributed by atoms with Crippen molar-refractivity contribution in [3.05, 3.63) is 41.9 Å². The number of ether oxygens (including phenoxy) is 1. The topological polar surface area (TPSA) is 69.2 Å². The molecule has 1 aliphatic heterocycles. The molecular weight excluding hydrogens is 574 g/mol. The zero-order chi connectivity index (χ0) is 27.0. The Morgan fingerprint density at radius 1 is 1.05 bits per heavy atom. The Hall–Kier alpha value is -1.95. The van der Waals surface area contributed by atoms with Gasteiger partial charge < -0.3 is 18.6 Å². The predicted molar refractivity (Wildman–Crippen MR) is 154 cm³/mol. The summed E-state index contributed by atoms with van der Waals surface area (Å²) in [6, 6.07) is 5.65. The third-order valence-corrected chi connectivity index (χ3v) is 7.46. The van der Waals surface area contributed by atoms with E-state index in [9.17, 15) is 13.2 Å². The van der Waals surface area contributed by atoms with Crippen molar-refractivity contribution in [1.82, 2.24) is 19.7 Å². The molecule has 39 heavy (non-hydrogen) atoms. The molecule has 1 saturated heterocycles. The lowest BCUT2D eigenvalue weighted by atomic mass is 10.0. The molecule has 2 aromatic heterocycles. The van der Waals surface area contributed by atoms with E-state index in [0.717, 1.165) is 59.6 Å². The van der Waals surface area contributed by atoms with Gasteiger partial charge in [-0.15, -0.1) is 35.0 Å². The van der Waals surface area contributed by atoms with Gasteiger partial charge in [0.05, 0.1) is 30.0 Å². The fraction of sp³-hybridized carbons (Fsp3) is 0.577. The Kier molecular flexibility index (Phi) is 14.7. The molecule has 1 aromatic carbocycles. The quantitative estimate of drug-likeness (QED) is 0.192. The van der Waals surface area contributed by atoms with Crippen LogP contribution in [0.3, 0.4) is 0 Å². The first-order valence-electron chi connectivity index (χ1n) is 12.7. The van der Waals surface area contributed by atoms with Crippen LogP contribution in [-0.4, -0.2) is 50.8 Å². The highest BCUT2D eigenvalue weighted by Crippen LogP contribution is 2.32. The maximum Gasteiger partial charge on any atom is 0.416 e. The van der Waals surface area contributed by atoms with Gasteiger partial charge in [-0.1, -0.05) is 39.0 Å². The molecule has 0 aliphatic carbocycles. The van der Waals surface area contributed by atoms with Crippen LogP contribution < -0.4 is 4.90 Å². The van der Waals surface area contributed by atoms with E-state index in [-0.39, 0.29) is 37.0 Å². The molecule has 3 aromatic rings. The first-order chi connectivity index (χ1) is 17.7. The molecule has 13 heteroatoms. The van der Waals surface area contributed by atoms with Gasteiger partial charge in [-0.05, 0) is 50.5 Å². The number of aromatic nitrogens is 4. The van der Waals surface area contributed by atoms with Crippen molar-refractivity contribution < 1.29 is 22.3 Å². The van der Waals surface area contributed by atoms with E-state index in [4.69, 9.17) is 9.15 Å². The van der Waals surface area contributed by atoms with Gasteiger partial charge in [-0.2, -0.15) is 13.2 Å². The third kappa shape index (κ3) is 9.03. The largest absolute Gasteiger partial charge is 0.440 e. The molecule has 1 aliphatic rings. The van der Waals surface area contributed by atoms with Gasteiger partial charge in [0.2, 0.25) is 5.82 Å². The molecule has 220 valence electrons. The zero-order valence-corrected chi connectivity index (χ0v) is 25.4. The summed E-state index contributed by atoms with van der Waals surface area (Å²) < 4.78 is 50.8. The van der Waals surface area contributed by atoms with Crippen molar-refractivity contribution in [3.63, 3.8) is 0 Å². The number of anilines is 1. The van der Waals surface area contributed by atoms with Gasteiger partial charge in [0.25, 0.3) is 0 Å². The van der Waals surface area contributed by atoms with Gasteiger partial charge in [0, 0.05) is 25.0 Å². The molecule has 0 amide bonds. The lowest BCUT2D eigenvalue weighted by Crippen LogP contribution is -2.51. The van der Waals surface area contributed by atoms with Crippen LogP contribution >= 0.6 is 36.6 Å². The molecule has 0 radical (unpaired) electrons. The molecule has 0 saturated carbocycles. The lowest BCUT2D eigenvalue weighted by Gasteiger charge is -2.42. The van der Waals surface area contributed by atoms with Gasteiger partial charge in [-0.25, -0.2) is 4.98 Å². The summed E-state index contributed by atoms with van der Waals surface area (Å²) in [6.07, 6.45) is 1.52. The van der Waals surface area contributed by atoms with Crippen LogP contribution in [0, 0.1) is 6.92 Å². The van der Waals surface area contributed by atoms with Crippen molar-refractivity contribution in [2.75, 3.05) is 23.8 Å². The highest BCUT2D eigenvalue weighted by Gasteiger charge is 2.32. The van der Waals surface area contributed by atoms with Crippen molar-refractivity contribution >= 4 is 42.3 Å². The molecule has 7 nitrogen and oxygen atoms in total. The lowest BCUT2D eigenvalue weighted by molar-refractivity contribution is -0.137. The van der Waals surface area contributed by atoms with Crippen molar-refractivity contribution in [2.24, 2.45) is 7.05 Å². The van der Waals surface area contributed by atoms with E-state index >= 15 is 0 Å². The Morgan fingerprint density at radius 2 is 1.74 bits per heavy atom. The minimum Gasteiger partial charge on any atom is -0.440 e. The van der Waals surface area contributed by atoms with E-state index < -0.39 is 11.7 Å². The van der Waals surface area contributed by atoms with Gasteiger partial charge in [-0.3, -0.25) is 0 Å². The Bertz CT molecular complexity index is 1110. The molecule has 2 unspecified atom stereocenters. The van der Waals surface area contributed by atoms with Crippen LogP contribution in [0.5, 0.6) is 0 Å². The number of oxazole rings is 1. The molecule has 0 N–H and O–H groups in total. The van der Waals surface area contributed by atoms with Gasteiger partial charge in [0.1, 0.15) is 0 Å². The molecule has 2 atom stereocenters. The smallest absolute Gasteiger partial charge is 0.416 e. The molecule has 0 spiro atoms. The number of morpholine rings is 1. The fourth-order valence-electron chi connectivity index (χ4n) is 4.28. The maximum atomic E-state index is 12.6. The Morgan fingerprint density at radius 3 is 2.28 bits per heavy atom. The first-order valence-corrected chi connectivity index (χ1v) is 13.7. The van der Waals surface area contributed by atoms with E-state index in [1.165, 1.54) is 19.2 Å². The van der Waals surface area contributed by atoms with Crippen LogP contribution in [0.25, 0.3) is 11.6 Å². The third-order valence-electron chi connectivity index (χ3n) is 6.35. The maximum absolute atomic E-state index is 12.6. The average molecular weight is 613 g/mol. The number of nitrogens with zero attached hydrogens (tertiary/aromatic N) is 5. The van der Waals surface area contributed by atoms with Gasteiger partial charge in [0.15, 0.2) is 17.3 Å². The minimum atomic E-state index is -4.28. The Labute approximate surface area is 245 Å². The van der Waals surface area contributed by atoms with Crippen LogP contribution in [0.4, 0.5) is 18.9 Å². The number of thioether (sulfide) groups is 1. The summed E-state index contributed by atoms with van der Waals surface area (Å²) in [5.41, 5.74) is 1.08. The van der Waals surface area contributed by atoms with E-state index in [2.05, 4.69) is 40.9 Å². The number of unbranched alkanes of at least 4 members (excludes halogenated alkanes) is 1. The number of benzene rings is 1. The van der Waals surface area contributed by atoms with E-state index in [0.29, 0.717) is 12.4 Å². The second kappa shape index (κ2) is 16.3. The van der Waals surface area contributed by atoms with E-state index in [1.807, 2.05) is 18.5 Å². The monoisotopic (exact) mass is 611 g/mol. The average Bonchev–Trinajstić information content (AvgIpc) is 3.48. The number of halogens is 5. The van der Waals surface area contributed by atoms with Crippen LogP contribution in [-0.2, 0) is 18.0 Å². The first kappa shape index (κ1) is 35.1. The summed E-state index contributed by atoms with van der Waals surface area (Å²) in [4.78, 5) is 6.23. The van der Waals surface area contributed by atoms with Crippen molar-refractivity contribution in [2.45, 2.75) is 76.9 Å². The van der Waals surface area contributed by atoms with Crippen molar-refractivity contribution in [1.29, 1.82) is 0 Å². The highest BCUT2D eigenvalue weighted by molar-refractivity contribution is 7.99. The fourth-order valence-corrected chi connectivity index (χ4v) is 5.27. The number of hydrogen-bond donors (Lipinski definition) is 0. The SMILES string of the molecule is CCC1OCCN(c2ccc(C(F)(F)F)cc2)C1CC.CCCCSc1nnc(-c2ocnc2C)n1C.Cl.Cl. The Balaban J connectivity index is 0.000000375. The van der Waals surface area contributed by atoms with Crippen molar-refractivity contribution in [3.8, 4) is 11.6 Å². The molecular formula is C26H38Cl2F3N5O2S. The van der Waals surface area contributed by atoms with Crippen LogP contribution in [0.1, 0.15) is 57.7 Å². The zero-order valence-electron chi connectivity index (χ0n) is 22.9. The molecule has 4 rings (SSSR count). The summed E-state index contributed by atoms with van der Waals surface area (Å²) in [5, 5.41) is 9.25. The summed E-state index contributed by atoms with van der Waals surface area (Å²) >= 11 is 1.72. The second-order valence-corrected chi connectivity index (χ2v) is 9.93. The molecule has 3 heterocycles. The summed E-state index contributed by atoms with van der Waals surface area (Å²) in [5.74, 6) is 2.50. The normalized spacial score (nSPS) is 17.1. The predicted octanol–water partition coefficient (Wildman–Crippen LogP) is 7.61. The summed E-state index contributed by atoms with van der Waals surface area (Å²) in [6.45, 7) is 9.58. The minimum absolute atomic E-state index is 0. The van der Waals surface area contributed by atoms with Crippen LogP contribution in [0.15, 0.2) is 40.2 Å². The van der Waals surface area contributed by atoms with E-state index in [1.54, 1.807) is 23.9 Å². The standard InChI is InChI=1S/C15H20F3NO.C11H16N4OS.2ClH/c1-3-13-14(4-2)20-10-9-19(13)12-7-5-11(6-8-12)15(16,17)18;1-4-5-6-17-11-14-13-10(15(11)3)9-8(2)12-7-16-9;;/h5-8,13-14H,3-4,9-10H2,1-2H3;7H,4-6H2,1-3H3;2*1H. The molecule has 0 bridgehead atoms. The van der Waals surface area contributed by atoms with Gasteiger partial charge >= 0.3 is 6.18 Å². The second-order valence-electron chi connectivity index (χ2n) is 8.87. The summed E-state index contributed by atoms with van der Waals surface area (Å²) in [7, 11) is 1.95. The number of alkyl halides is 3.